The Balaban J connectivity index is 1.89. The summed E-state index contributed by atoms with van der Waals surface area (Å²) < 4.78 is 0. The summed E-state index contributed by atoms with van der Waals surface area (Å²) in [4.78, 5) is 4.05. The van der Waals surface area contributed by atoms with Gasteiger partial charge < -0.3 is 10.6 Å². The first-order valence-corrected chi connectivity index (χ1v) is 6.63. The third-order valence-corrected chi connectivity index (χ3v) is 3.26. The van der Waals surface area contributed by atoms with Gasteiger partial charge in [-0.15, -0.1) is 0 Å². The Morgan fingerprint density at radius 2 is 2.21 bits per heavy atom. The highest BCUT2D eigenvalue weighted by atomic mass is 35.5. The largest absolute Gasteiger partial charge is 0.358 e. The predicted octanol–water partition coefficient (Wildman–Crippen LogP) is 3.53. The van der Waals surface area contributed by atoms with E-state index in [1.54, 1.807) is 12.4 Å². The number of nitrogens with zero attached hydrogens (tertiary/aromatic N) is 1. The van der Waals surface area contributed by atoms with Crippen molar-refractivity contribution in [2.24, 2.45) is 0 Å². The standard InChI is InChI=1S/C14H14ClN3S/c1-10-4-5-12(7-13(10)15)18-14(19)17-9-11-3-2-6-16-8-11/h2-8H,9H2,1H3,(H2,17,18,19). The summed E-state index contributed by atoms with van der Waals surface area (Å²) in [5.41, 5.74) is 2.99. The number of rotatable bonds is 3. The van der Waals surface area contributed by atoms with Crippen molar-refractivity contribution in [1.29, 1.82) is 0 Å². The Kier molecular flexibility index (Phi) is 4.71. The van der Waals surface area contributed by atoms with Crippen LogP contribution < -0.4 is 10.6 Å². The molecule has 0 amide bonds. The first kappa shape index (κ1) is 13.8. The summed E-state index contributed by atoms with van der Waals surface area (Å²) in [6.45, 7) is 2.60. The molecule has 2 aromatic rings. The zero-order valence-corrected chi connectivity index (χ0v) is 12.1. The highest BCUT2D eigenvalue weighted by molar-refractivity contribution is 7.80. The highest BCUT2D eigenvalue weighted by Crippen LogP contribution is 2.19. The lowest BCUT2D eigenvalue weighted by Gasteiger charge is -2.11. The third kappa shape index (κ3) is 4.19. The molecule has 0 atom stereocenters. The number of aryl methyl sites for hydroxylation is 1. The quantitative estimate of drug-likeness (QED) is 0.848. The van der Waals surface area contributed by atoms with Crippen LogP contribution >= 0.6 is 23.8 Å². The number of pyridine rings is 1. The number of aromatic nitrogens is 1. The van der Waals surface area contributed by atoms with Gasteiger partial charge >= 0.3 is 0 Å². The Morgan fingerprint density at radius 3 is 2.89 bits per heavy atom. The van der Waals surface area contributed by atoms with E-state index in [0.717, 1.165) is 21.8 Å². The molecule has 5 heteroatoms. The summed E-state index contributed by atoms with van der Waals surface area (Å²) in [6.07, 6.45) is 3.55. The van der Waals surface area contributed by atoms with E-state index >= 15 is 0 Å². The van der Waals surface area contributed by atoms with Crippen LogP contribution in [-0.2, 0) is 6.54 Å². The lowest BCUT2D eigenvalue weighted by atomic mass is 10.2. The van der Waals surface area contributed by atoms with Crippen molar-refractivity contribution in [3.63, 3.8) is 0 Å². The predicted molar refractivity (Wildman–Crippen MR) is 83.5 cm³/mol. The van der Waals surface area contributed by atoms with Crippen molar-refractivity contribution >= 4 is 34.6 Å². The Bertz CT molecular complexity index is 572. The molecule has 0 bridgehead atoms. The van der Waals surface area contributed by atoms with Crippen LogP contribution in [0.15, 0.2) is 42.7 Å². The van der Waals surface area contributed by atoms with Crippen molar-refractivity contribution in [3.05, 3.63) is 58.9 Å². The molecule has 1 aromatic heterocycles. The second-order valence-electron chi connectivity index (χ2n) is 4.13. The number of anilines is 1. The lowest BCUT2D eigenvalue weighted by Crippen LogP contribution is -2.27. The molecule has 0 unspecified atom stereocenters. The summed E-state index contributed by atoms with van der Waals surface area (Å²) in [6, 6.07) is 9.64. The van der Waals surface area contributed by atoms with Crippen molar-refractivity contribution in [1.82, 2.24) is 10.3 Å². The molecule has 0 aliphatic carbocycles. The normalized spacial score (nSPS) is 10.0. The molecule has 0 spiro atoms. The average Bonchev–Trinajstić information content (AvgIpc) is 2.42. The van der Waals surface area contributed by atoms with Crippen LogP contribution in [-0.4, -0.2) is 10.1 Å². The molecule has 0 fully saturated rings. The Hall–Kier alpha value is -1.65. The molecule has 0 saturated carbocycles. The summed E-state index contributed by atoms with van der Waals surface area (Å²) in [5.74, 6) is 0. The maximum absolute atomic E-state index is 6.06. The van der Waals surface area contributed by atoms with Gasteiger partial charge in [0.25, 0.3) is 0 Å². The van der Waals surface area contributed by atoms with Gasteiger partial charge in [0.05, 0.1) is 0 Å². The van der Waals surface area contributed by atoms with Gasteiger partial charge in [0, 0.05) is 29.6 Å². The molecule has 1 heterocycles. The van der Waals surface area contributed by atoms with Gasteiger partial charge in [-0.1, -0.05) is 23.7 Å². The van der Waals surface area contributed by atoms with Gasteiger partial charge in [-0.25, -0.2) is 0 Å². The van der Waals surface area contributed by atoms with Gasteiger partial charge in [0.1, 0.15) is 0 Å². The van der Waals surface area contributed by atoms with E-state index in [9.17, 15) is 0 Å². The fourth-order valence-electron chi connectivity index (χ4n) is 1.53. The molecule has 1 aromatic carbocycles. The first-order chi connectivity index (χ1) is 9.15. The van der Waals surface area contributed by atoms with Gasteiger partial charge in [-0.05, 0) is 48.5 Å². The van der Waals surface area contributed by atoms with Gasteiger partial charge in [0.15, 0.2) is 5.11 Å². The van der Waals surface area contributed by atoms with E-state index in [1.807, 2.05) is 37.3 Å². The number of hydrogen-bond donors (Lipinski definition) is 2. The number of hydrogen-bond acceptors (Lipinski definition) is 2. The average molecular weight is 292 g/mol. The fourth-order valence-corrected chi connectivity index (χ4v) is 1.90. The zero-order valence-electron chi connectivity index (χ0n) is 10.5. The maximum Gasteiger partial charge on any atom is 0.171 e. The van der Waals surface area contributed by atoms with Crippen LogP contribution in [0.4, 0.5) is 5.69 Å². The molecule has 3 nitrogen and oxygen atoms in total. The Morgan fingerprint density at radius 1 is 1.37 bits per heavy atom. The molecule has 98 valence electrons. The van der Waals surface area contributed by atoms with E-state index in [2.05, 4.69) is 15.6 Å². The molecule has 2 rings (SSSR count). The number of halogens is 1. The lowest BCUT2D eigenvalue weighted by molar-refractivity contribution is 0.916. The van der Waals surface area contributed by atoms with E-state index in [0.29, 0.717) is 11.7 Å². The van der Waals surface area contributed by atoms with Crippen LogP contribution in [0, 0.1) is 6.92 Å². The second kappa shape index (κ2) is 6.50. The molecule has 19 heavy (non-hydrogen) atoms. The van der Waals surface area contributed by atoms with Gasteiger partial charge in [0.2, 0.25) is 0 Å². The summed E-state index contributed by atoms with van der Waals surface area (Å²) >= 11 is 11.3. The molecule has 0 saturated heterocycles. The molecule has 2 N–H and O–H groups in total. The van der Waals surface area contributed by atoms with Crippen molar-refractivity contribution in [2.75, 3.05) is 5.32 Å². The minimum Gasteiger partial charge on any atom is -0.358 e. The fraction of sp³-hybridized carbons (Fsp3) is 0.143. The third-order valence-electron chi connectivity index (χ3n) is 2.61. The van der Waals surface area contributed by atoms with Crippen LogP contribution in [0.25, 0.3) is 0 Å². The maximum atomic E-state index is 6.06. The minimum atomic E-state index is 0.559. The second-order valence-corrected chi connectivity index (χ2v) is 4.95. The van der Waals surface area contributed by atoms with Crippen LogP contribution in [0.1, 0.15) is 11.1 Å². The van der Waals surface area contributed by atoms with Crippen LogP contribution in [0.3, 0.4) is 0 Å². The van der Waals surface area contributed by atoms with Gasteiger partial charge in [-0.2, -0.15) is 0 Å². The van der Waals surface area contributed by atoms with Crippen LogP contribution in [0.2, 0.25) is 5.02 Å². The van der Waals surface area contributed by atoms with E-state index in [4.69, 9.17) is 23.8 Å². The number of benzene rings is 1. The molecular weight excluding hydrogens is 278 g/mol. The molecule has 0 aliphatic heterocycles. The SMILES string of the molecule is Cc1ccc(NC(=S)NCc2cccnc2)cc1Cl. The smallest absolute Gasteiger partial charge is 0.171 e. The molecule has 0 aliphatic rings. The first-order valence-electron chi connectivity index (χ1n) is 5.85. The number of thiocarbonyl (C=S) groups is 1. The monoisotopic (exact) mass is 291 g/mol. The van der Waals surface area contributed by atoms with E-state index in [-0.39, 0.29) is 0 Å². The van der Waals surface area contributed by atoms with Crippen LogP contribution in [0.5, 0.6) is 0 Å². The van der Waals surface area contributed by atoms with Crippen molar-refractivity contribution < 1.29 is 0 Å². The van der Waals surface area contributed by atoms with Crippen molar-refractivity contribution in [3.8, 4) is 0 Å². The summed E-state index contributed by atoms with van der Waals surface area (Å²) in [5, 5.41) is 7.50. The van der Waals surface area contributed by atoms with Crippen molar-refractivity contribution in [2.45, 2.75) is 13.5 Å². The van der Waals surface area contributed by atoms with E-state index < -0.39 is 0 Å². The minimum absolute atomic E-state index is 0.559. The zero-order chi connectivity index (χ0) is 13.7. The summed E-state index contributed by atoms with van der Waals surface area (Å²) in [7, 11) is 0. The Labute approximate surface area is 123 Å². The molecular formula is C14H14ClN3S. The molecule has 0 radical (unpaired) electrons. The van der Waals surface area contributed by atoms with E-state index in [1.165, 1.54) is 0 Å². The topological polar surface area (TPSA) is 37.0 Å². The number of nitrogens with one attached hydrogen (secondary N) is 2. The highest BCUT2D eigenvalue weighted by Gasteiger charge is 2.00. The van der Waals surface area contributed by atoms with Gasteiger partial charge in [-0.3, -0.25) is 4.98 Å².